The van der Waals surface area contributed by atoms with Gasteiger partial charge >= 0.3 is 12.1 Å². The maximum atomic E-state index is 12.6. The van der Waals surface area contributed by atoms with Crippen LogP contribution in [0.5, 0.6) is 0 Å². The van der Waals surface area contributed by atoms with Crippen LogP contribution in [-0.4, -0.2) is 35.6 Å². The van der Waals surface area contributed by atoms with E-state index < -0.39 is 30.3 Å². The number of Topliss-reactive ketones (excluding diaryl/α,β-unsaturated/α-hetero) is 1. The van der Waals surface area contributed by atoms with Crippen molar-refractivity contribution in [3.05, 3.63) is 93.5 Å². The highest BCUT2D eigenvalue weighted by Crippen LogP contribution is 2.44. The molecule has 3 aromatic rings. The molecule has 0 aliphatic heterocycles. The molecule has 0 saturated heterocycles. The number of carbonyl (C=O) groups excluding carboxylic acids is 2. The van der Waals surface area contributed by atoms with Gasteiger partial charge in [0.1, 0.15) is 12.6 Å². The number of ketones is 1. The highest BCUT2D eigenvalue weighted by molar-refractivity contribution is 6.36. The summed E-state index contributed by atoms with van der Waals surface area (Å²) in [5.41, 5.74) is 4.31. The van der Waals surface area contributed by atoms with Crippen LogP contribution in [0.4, 0.5) is 4.79 Å². The van der Waals surface area contributed by atoms with Crippen molar-refractivity contribution in [3.8, 4) is 11.1 Å². The minimum atomic E-state index is -1.48. The number of fused-ring (bicyclic) bond motifs is 3. The van der Waals surface area contributed by atoms with Gasteiger partial charge in [-0.2, -0.15) is 0 Å². The summed E-state index contributed by atoms with van der Waals surface area (Å²) in [6, 6.07) is 18.6. The van der Waals surface area contributed by atoms with Gasteiger partial charge in [-0.3, -0.25) is 4.79 Å². The molecule has 0 bridgehead atoms. The highest BCUT2D eigenvalue weighted by atomic mass is 35.5. The van der Waals surface area contributed by atoms with Crippen LogP contribution in [0.3, 0.4) is 0 Å². The Morgan fingerprint density at radius 1 is 0.939 bits per heavy atom. The number of carbonyl (C=O) groups is 3. The van der Waals surface area contributed by atoms with Crippen molar-refractivity contribution in [1.29, 1.82) is 0 Å². The average Bonchev–Trinajstić information content (AvgIpc) is 3.12. The van der Waals surface area contributed by atoms with Gasteiger partial charge in [-0.15, -0.1) is 0 Å². The number of nitrogens with one attached hydrogen (secondary N) is 1. The van der Waals surface area contributed by atoms with Crippen molar-refractivity contribution in [1.82, 2.24) is 5.32 Å². The molecule has 168 valence electrons. The Balaban J connectivity index is 1.43. The standard InChI is InChI=1S/C25H19Cl2NO5/c26-14-9-10-21(27)19(11-14)23(29)12-22(24(30)31)28-25(32)33-13-20-17-7-3-1-5-15(17)16-6-2-4-8-18(16)20/h1-11,20,22H,12-13H2,(H,28,32)(H,30,31). The van der Waals surface area contributed by atoms with E-state index in [1.807, 2.05) is 48.5 Å². The maximum absolute atomic E-state index is 12.6. The quantitative estimate of drug-likeness (QED) is 0.429. The second-order valence-corrected chi connectivity index (χ2v) is 8.46. The third-order valence-corrected chi connectivity index (χ3v) is 6.12. The molecule has 0 heterocycles. The lowest BCUT2D eigenvalue weighted by molar-refractivity contribution is -0.139. The molecular weight excluding hydrogens is 465 g/mol. The molecule has 6 nitrogen and oxygen atoms in total. The van der Waals surface area contributed by atoms with Gasteiger partial charge in [0.15, 0.2) is 5.78 Å². The zero-order chi connectivity index (χ0) is 23.5. The van der Waals surface area contributed by atoms with E-state index in [1.165, 1.54) is 18.2 Å². The molecule has 0 spiro atoms. The van der Waals surface area contributed by atoms with Crippen LogP contribution < -0.4 is 5.32 Å². The van der Waals surface area contributed by atoms with Crippen LogP contribution in [0.25, 0.3) is 11.1 Å². The molecule has 0 aromatic heterocycles. The monoisotopic (exact) mass is 483 g/mol. The van der Waals surface area contributed by atoms with Crippen LogP contribution in [0.15, 0.2) is 66.7 Å². The first-order chi connectivity index (χ1) is 15.8. The zero-order valence-electron chi connectivity index (χ0n) is 17.3. The molecule has 8 heteroatoms. The van der Waals surface area contributed by atoms with Crippen molar-refractivity contribution >= 4 is 41.0 Å². The SMILES string of the molecule is O=C(NC(CC(=O)c1cc(Cl)ccc1Cl)C(=O)O)OCC1c2ccccc2-c2ccccc21. The number of carboxylic acid groups (broad SMARTS) is 1. The average molecular weight is 484 g/mol. The molecule has 1 amide bonds. The van der Waals surface area contributed by atoms with Crippen LogP contribution in [0.2, 0.25) is 10.0 Å². The fourth-order valence-corrected chi connectivity index (χ4v) is 4.38. The van der Waals surface area contributed by atoms with Crippen molar-refractivity contribution in [2.24, 2.45) is 0 Å². The Morgan fingerprint density at radius 3 is 2.15 bits per heavy atom. The van der Waals surface area contributed by atoms with Gasteiger partial charge in [0, 0.05) is 22.9 Å². The summed E-state index contributed by atoms with van der Waals surface area (Å²) in [5, 5.41) is 12.2. The van der Waals surface area contributed by atoms with E-state index in [0.717, 1.165) is 22.3 Å². The predicted octanol–water partition coefficient (Wildman–Crippen LogP) is 5.56. The van der Waals surface area contributed by atoms with Gasteiger partial charge in [0.25, 0.3) is 0 Å². The van der Waals surface area contributed by atoms with Crippen LogP contribution in [-0.2, 0) is 9.53 Å². The van der Waals surface area contributed by atoms with Crippen molar-refractivity contribution < 1.29 is 24.2 Å². The van der Waals surface area contributed by atoms with Crippen molar-refractivity contribution in [2.75, 3.05) is 6.61 Å². The largest absolute Gasteiger partial charge is 0.480 e. The molecule has 4 rings (SSSR count). The summed E-state index contributed by atoms with van der Waals surface area (Å²) in [6.45, 7) is 0.0280. The molecule has 0 saturated carbocycles. The number of hydrogen-bond acceptors (Lipinski definition) is 4. The third kappa shape index (κ3) is 4.87. The van der Waals surface area contributed by atoms with Gasteiger partial charge in [-0.25, -0.2) is 9.59 Å². The number of halogens is 2. The number of benzene rings is 3. The number of carboxylic acids is 1. The number of amides is 1. The summed E-state index contributed by atoms with van der Waals surface area (Å²) in [4.78, 5) is 36.6. The first-order valence-electron chi connectivity index (χ1n) is 10.2. The Kier molecular flexibility index (Phi) is 6.67. The van der Waals surface area contributed by atoms with Crippen LogP contribution >= 0.6 is 23.2 Å². The fourth-order valence-electron chi connectivity index (χ4n) is 3.99. The Labute approximate surface area is 200 Å². The summed E-state index contributed by atoms with van der Waals surface area (Å²) in [6.07, 6.45) is -1.42. The van der Waals surface area contributed by atoms with Gasteiger partial charge in [0.05, 0.1) is 5.02 Å². The Bertz CT molecular complexity index is 1200. The third-order valence-electron chi connectivity index (χ3n) is 5.55. The van der Waals surface area contributed by atoms with E-state index in [4.69, 9.17) is 27.9 Å². The molecule has 0 fully saturated rings. The first kappa shape index (κ1) is 22.8. The van der Waals surface area contributed by atoms with Crippen LogP contribution in [0, 0.1) is 0 Å². The second kappa shape index (κ2) is 9.65. The lowest BCUT2D eigenvalue weighted by atomic mass is 9.98. The Morgan fingerprint density at radius 2 is 1.55 bits per heavy atom. The van der Waals surface area contributed by atoms with Gasteiger partial charge in [-0.05, 0) is 40.5 Å². The molecular formula is C25H19Cl2NO5. The topological polar surface area (TPSA) is 92.7 Å². The predicted molar refractivity (Wildman–Crippen MR) is 125 cm³/mol. The summed E-state index contributed by atoms with van der Waals surface area (Å²) in [7, 11) is 0. The van der Waals surface area contributed by atoms with Gasteiger partial charge < -0.3 is 15.2 Å². The van der Waals surface area contributed by atoms with Gasteiger partial charge in [-0.1, -0.05) is 71.7 Å². The van der Waals surface area contributed by atoms with Gasteiger partial charge in [0.2, 0.25) is 0 Å². The number of aliphatic carboxylic acids is 1. The molecule has 0 radical (unpaired) electrons. The van der Waals surface area contributed by atoms with E-state index in [2.05, 4.69) is 5.32 Å². The molecule has 3 aromatic carbocycles. The van der Waals surface area contributed by atoms with E-state index >= 15 is 0 Å². The normalized spacial score (nSPS) is 13.0. The minimum Gasteiger partial charge on any atom is -0.480 e. The van der Waals surface area contributed by atoms with E-state index in [1.54, 1.807) is 0 Å². The van der Waals surface area contributed by atoms with Crippen molar-refractivity contribution in [3.63, 3.8) is 0 Å². The smallest absolute Gasteiger partial charge is 0.407 e. The van der Waals surface area contributed by atoms with Crippen LogP contribution in [0.1, 0.15) is 33.8 Å². The fraction of sp³-hybridized carbons (Fsp3) is 0.160. The number of alkyl carbamates (subject to hydrolysis) is 1. The zero-order valence-corrected chi connectivity index (χ0v) is 18.8. The summed E-state index contributed by atoms with van der Waals surface area (Å²) >= 11 is 11.9. The maximum Gasteiger partial charge on any atom is 0.407 e. The highest BCUT2D eigenvalue weighted by Gasteiger charge is 2.30. The number of ether oxygens (including phenoxy) is 1. The summed E-state index contributed by atoms with van der Waals surface area (Å²) < 4.78 is 5.38. The lowest BCUT2D eigenvalue weighted by Gasteiger charge is -2.17. The molecule has 1 aliphatic carbocycles. The van der Waals surface area contributed by atoms with E-state index in [0.29, 0.717) is 5.02 Å². The first-order valence-corrected chi connectivity index (χ1v) is 10.9. The minimum absolute atomic E-state index is 0.0280. The number of rotatable bonds is 7. The van der Waals surface area contributed by atoms with Crippen molar-refractivity contribution in [2.45, 2.75) is 18.4 Å². The number of hydrogen-bond donors (Lipinski definition) is 2. The Hall–Kier alpha value is -3.35. The second-order valence-electron chi connectivity index (χ2n) is 7.61. The molecule has 1 atom stereocenters. The van der Waals surface area contributed by atoms with E-state index in [-0.39, 0.29) is 23.1 Å². The molecule has 33 heavy (non-hydrogen) atoms. The van der Waals surface area contributed by atoms with E-state index in [9.17, 15) is 19.5 Å². The molecule has 1 unspecified atom stereocenters. The molecule has 2 N–H and O–H groups in total. The molecule has 1 aliphatic rings. The lowest BCUT2D eigenvalue weighted by Crippen LogP contribution is -2.42. The summed E-state index contributed by atoms with van der Waals surface area (Å²) in [5.74, 6) is -2.10.